The van der Waals surface area contributed by atoms with Crippen LogP contribution in [0.15, 0.2) is 24.3 Å². The minimum atomic E-state index is -0.314. The molecule has 0 fully saturated rings. The summed E-state index contributed by atoms with van der Waals surface area (Å²) in [5.74, 6) is -0.314. The third kappa shape index (κ3) is 7.46. The number of rotatable bonds is 5. The lowest BCUT2D eigenvalue weighted by atomic mass is 9.82. The maximum absolute atomic E-state index is 11.6. The van der Waals surface area contributed by atoms with Crippen molar-refractivity contribution in [1.82, 2.24) is 5.32 Å². The van der Waals surface area contributed by atoms with Crippen LogP contribution in [0.2, 0.25) is 0 Å². The van der Waals surface area contributed by atoms with Gasteiger partial charge in [-0.3, -0.25) is 0 Å². The molecule has 0 aromatic heterocycles. The summed E-state index contributed by atoms with van der Waals surface area (Å²) in [6.07, 6.45) is 0.990. The van der Waals surface area contributed by atoms with E-state index < -0.39 is 0 Å². The largest absolute Gasteiger partial charge is 0.462 e. The Balaban J connectivity index is 2.62. The van der Waals surface area contributed by atoms with E-state index in [-0.39, 0.29) is 16.9 Å². The fourth-order valence-corrected chi connectivity index (χ4v) is 3.14. The lowest BCUT2D eigenvalue weighted by molar-refractivity contribution is 0.0526. The Bertz CT molecular complexity index is 545. The number of benzene rings is 1. The third-order valence-corrected chi connectivity index (χ3v) is 3.28. The highest BCUT2D eigenvalue weighted by Gasteiger charge is 2.25. The molecule has 128 valence electrons. The van der Waals surface area contributed by atoms with E-state index in [9.17, 15) is 4.79 Å². The number of anilines is 1. The molecule has 0 unspecified atom stereocenters. The first kappa shape index (κ1) is 19.4. The number of ether oxygens (including phenoxy) is 1. The van der Waals surface area contributed by atoms with E-state index in [1.165, 1.54) is 0 Å². The fourth-order valence-electron chi connectivity index (χ4n) is 2.74. The van der Waals surface area contributed by atoms with Crippen molar-refractivity contribution in [1.29, 1.82) is 0 Å². The van der Waals surface area contributed by atoms with Crippen LogP contribution in [0.5, 0.6) is 0 Å². The highest BCUT2D eigenvalue weighted by Crippen LogP contribution is 2.26. The molecule has 0 saturated carbocycles. The molecule has 0 bridgehead atoms. The summed E-state index contributed by atoms with van der Waals surface area (Å²) in [5.41, 5.74) is 1.48. The van der Waals surface area contributed by atoms with Crippen molar-refractivity contribution in [3.05, 3.63) is 29.8 Å². The lowest BCUT2D eigenvalue weighted by Crippen LogP contribution is -2.47. The van der Waals surface area contributed by atoms with Gasteiger partial charge in [-0.05, 0) is 69.1 Å². The molecule has 2 N–H and O–H groups in total. The number of esters is 1. The van der Waals surface area contributed by atoms with Gasteiger partial charge >= 0.3 is 5.97 Å². The molecule has 0 amide bonds. The minimum absolute atomic E-state index is 0.104. The molecule has 1 aromatic rings. The van der Waals surface area contributed by atoms with Gasteiger partial charge in [0.05, 0.1) is 12.2 Å². The van der Waals surface area contributed by atoms with Crippen LogP contribution in [0, 0.1) is 5.41 Å². The zero-order valence-corrected chi connectivity index (χ0v) is 15.8. The summed E-state index contributed by atoms with van der Waals surface area (Å²) < 4.78 is 4.96. The van der Waals surface area contributed by atoms with Crippen LogP contribution in [0.4, 0.5) is 5.69 Å². The molecule has 0 spiro atoms. The summed E-state index contributed by atoms with van der Waals surface area (Å²) in [6, 6.07) is 7.08. The Hall–Kier alpha value is -1.62. The Labute approximate surface area is 145 Å². The van der Waals surface area contributed by atoms with E-state index in [1.54, 1.807) is 19.1 Å². The van der Waals surface area contributed by atoms with Crippen LogP contribution in [0.25, 0.3) is 0 Å². The average molecular weight is 337 g/mol. The van der Waals surface area contributed by atoms with Gasteiger partial charge in [-0.25, -0.2) is 4.79 Å². The predicted molar refractivity (Wildman–Crippen MR) is 99.9 cm³/mol. The summed E-state index contributed by atoms with van der Waals surface area (Å²) in [7, 11) is 0. The molecule has 0 radical (unpaired) electrons. The first-order chi connectivity index (χ1) is 10.5. The second-order valence-corrected chi connectivity index (χ2v) is 7.91. The zero-order chi connectivity index (χ0) is 17.7. The quantitative estimate of drug-likeness (QED) is 0.618. The van der Waals surface area contributed by atoms with Gasteiger partial charge in [0.25, 0.3) is 0 Å². The van der Waals surface area contributed by atoms with Crippen LogP contribution in [0.1, 0.15) is 58.3 Å². The molecule has 0 aliphatic carbocycles. The summed E-state index contributed by atoms with van der Waals surface area (Å²) in [4.78, 5) is 11.6. The van der Waals surface area contributed by atoms with Crippen molar-refractivity contribution in [2.45, 2.75) is 53.5 Å². The van der Waals surface area contributed by atoms with E-state index in [0.717, 1.165) is 12.1 Å². The average Bonchev–Trinajstić information content (AvgIpc) is 2.35. The van der Waals surface area contributed by atoms with Gasteiger partial charge in [-0.1, -0.05) is 20.8 Å². The van der Waals surface area contributed by atoms with Gasteiger partial charge in [-0.15, -0.1) is 0 Å². The van der Waals surface area contributed by atoms with E-state index >= 15 is 0 Å². The first-order valence-corrected chi connectivity index (χ1v) is 8.29. The van der Waals surface area contributed by atoms with Gasteiger partial charge in [0.1, 0.15) is 0 Å². The van der Waals surface area contributed by atoms with Crippen molar-refractivity contribution >= 4 is 29.0 Å². The molecule has 0 aliphatic heterocycles. The number of nitrogens with one attached hydrogen (secondary N) is 2. The SMILES string of the molecule is CCOC(=O)c1ccc(NC(=S)NC(C)(C)CC(C)(C)C)cc1. The summed E-state index contributed by atoms with van der Waals surface area (Å²) >= 11 is 5.39. The Morgan fingerprint density at radius 2 is 1.70 bits per heavy atom. The monoisotopic (exact) mass is 336 g/mol. The third-order valence-electron chi connectivity index (χ3n) is 3.08. The Morgan fingerprint density at radius 1 is 1.13 bits per heavy atom. The molecule has 5 heteroatoms. The van der Waals surface area contributed by atoms with Crippen molar-refractivity contribution in [3.8, 4) is 0 Å². The minimum Gasteiger partial charge on any atom is -0.462 e. The number of carbonyl (C=O) groups is 1. The van der Waals surface area contributed by atoms with Crippen LogP contribution in [0.3, 0.4) is 0 Å². The predicted octanol–water partition coefficient (Wildman–Crippen LogP) is 4.36. The van der Waals surface area contributed by atoms with Crippen LogP contribution in [-0.2, 0) is 4.74 Å². The second-order valence-electron chi connectivity index (χ2n) is 7.50. The number of thiocarbonyl (C=S) groups is 1. The standard InChI is InChI=1S/C18H28N2O2S/c1-7-22-15(21)13-8-10-14(11-9-13)19-16(23)20-18(5,6)12-17(2,3)4/h8-11H,7,12H2,1-6H3,(H2,19,20,23). The number of hydrogen-bond donors (Lipinski definition) is 2. The first-order valence-electron chi connectivity index (χ1n) is 7.89. The maximum atomic E-state index is 11.6. The summed E-state index contributed by atoms with van der Waals surface area (Å²) in [6.45, 7) is 13.1. The van der Waals surface area contributed by atoms with Crippen molar-refractivity contribution in [2.75, 3.05) is 11.9 Å². The maximum Gasteiger partial charge on any atom is 0.338 e. The van der Waals surface area contributed by atoms with E-state index in [4.69, 9.17) is 17.0 Å². The van der Waals surface area contributed by atoms with Gasteiger partial charge < -0.3 is 15.4 Å². The van der Waals surface area contributed by atoms with E-state index in [0.29, 0.717) is 17.3 Å². The van der Waals surface area contributed by atoms with Gasteiger partial charge in [0.15, 0.2) is 5.11 Å². The van der Waals surface area contributed by atoms with Gasteiger partial charge in [0.2, 0.25) is 0 Å². The molecule has 4 nitrogen and oxygen atoms in total. The molecular weight excluding hydrogens is 308 g/mol. The molecule has 23 heavy (non-hydrogen) atoms. The van der Waals surface area contributed by atoms with Crippen LogP contribution >= 0.6 is 12.2 Å². The lowest BCUT2D eigenvalue weighted by Gasteiger charge is -2.34. The van der Waals surface area contributed by atoms with Crippen molar-refractivity contribution in [2.24, 2.45) is 5.41 Å². The summed E-state index contributed by atoms with van der Waals surface area (Å²) in [5, 5.41) is 7.07. The normalized spacial score (nSPS) is 11.7. The molecule has 0 heterocycles. The molecule has 1 aromatic carbocycles. The van der Waals surface area contributed by atoms with Gasteiger partial charge in [0, 0.05) is 11.2 Å². The highest BCUT2D eigenvalue weighted by molar-refractivity contribution is 7.80. The van der Waals surface area contributed by atoms with E-state index in [1.807, 2.05) is 12.1 Å². The molecule has 0 atom stereocenters. The topological polar surface area (TPSA) is 50.4 Å². The van der Waals surface area contributed by atoms with Crippen molar-refractivity contribution in [3.63, 3.8) is 0 Å². The second kappa shape index (κ2) is 7.77. The highest BCUT2D eigenvalue weighted by atomic mass is 32.1. The molecule has 0 aliphatic rings. The van der Waals surface area contributed by atoms with E-state index in [2.05, 4.69) is 45.3 Å². The fraction of sp³-hybridized carbons (Fsp3) is 0.556. The number of carbonyl (C=O) groups excluding carboxylic acids is 1. The van der Waals surface area contributed by atoms with Crippen LogP contribution < -0.4 is 10.6 Å². The van der Waals surface area contributed by atoms with Crippen LogP contribution in [-0.4, -0.2) is 23.2 Å². The van der Waals surface area contributed by atoms with Crippen molar-refractivity contribution < 1.29 is 9.53 Å². The Kier molecular flexibility index (Phi) is 6.57. The zero-order valence-electron chi connectivity index (χ0n) is 14.9. The van der Waals surface area contributed by atoms with Gasteiger partial charge in [-0.2, -0.15) is 0 Å². The molecule has 0 saturated heterocycles. The number of hydrogen-bond acceptors (Lipinski definition) is 3. The molecular formula is C18H28N2O2S. The Morgan fingerprint density at radius 3 is 2.17 bits per heavy atom. The smallest absolute Gasteiger partial charge is 0.338 e. The molecule has 1 rings (SSSR count).